The van der Waals surface area contributed by atoms with E-state index in [0.717, 1.165) is 24.8 Å². The standard InChI is InChI=1S/C17H20N4O/c1-13-6-10-21(11-7-13)16-3-2-15(12-19-16)20-17(22)14-4-8-18-9-5-14/h2-5,8-9,12-13H,6-7,10-11H2,1H3,(H,20,22). The first kappa shape index (κ1) is 14.5. The molecule has 0 saturated carbocycles. The van der Waals surface area contributed by atoms with Crippen molar-refractivity contribution < 1.29 is 4.79 Å². The van der Waals surface area contributed by atoms with Gasteiger partial charge in [-0.05, 0) is 43.0 Å². The van der Waals surface area contributed by atoms with E-state index in [1.165, 1.54) is 12.8 Å². The van der Waals surface area contributed by atoms with Gasteiger partial charge < -0.3 is 10.2 Å². The van der Waals surface area contributed by atoms with Crippen LogP contribution in [-0.4, -0.2) is 29.0 Å². The second-order valence-corrected chi connectivity index (χ2v) is 5.76. The zero-order chi connectivity index (χ0) is 15.4. The summed E-state index contributed by atoms with van der Waals surface area (Å²) in [5, 5.41) is 2.85. The Labute approximate surface area is 130 Å². The zero-order valence-corrected chi connectivity index (χ0v) is 12.7. The van der Waals surface area contributed by atoms with Crippen molar-refractivity contribution in [1.29, 1.82) is 0 Å². The first-order chi connectivity index (χ1) is 10.7. The van der Waals surface area contributed by atoms with E-state index >= 15 is 0 Å². The van der Waals surface area contributed by atoms with Gasteiger partial charge in [-0.3, -0.25) is 9.78 Å². The van der Waals surface area contributed by atoms with Gasteiger partial charge in [-0.1, -0.05) is 6.92 Å². The molecule has 0 atom stereocenters. The Bertz CT molecular complexity index is 619. The Morgan fingerprint density at radius 3 is 2.55 bits per heavy atom. The predicted molar refractivity (Wildman–Crippen MR) is 87.0 cm³/mol. The summed E-state index contributed by atoms with van der Waals surface area (Å²) in [5.74, 6) is 1.63. The molecule has 1 N–H and O–H groups in total. The average Bonchev–Trinajstić information content (AvgIpc) is 2.57. The Morgan fingerprint density at radius 2 is 1.91 bits per heavy atom. The average molecular weight is 296 g/mol. The van der Waals surface area contributed by atoms with Gasteiger partial charge in [0.25, 0.3) is 5.91 Å². The maximum atomic E-state index is 12.1. The molecule has 0 unspecified atom stereocenters. The number of carbonyl (C=O) groups is 1. The molecule has 1 aliphatic heterocycles. The van der Waals surface area contributed by atoms with E-state index in [2.05, 4.69) is 27.1 Å². The van der Waals surface area contributed by atoms with Gasteiger partial charge in [0.15, 0.2) is 0 Å². The Balaban J connectivity index is 1.63. The minimum Gasteiger partial charge on any atom is -0.357 e. The Hall–Kier alpha value is -2.43. The van der Waals surface area contributed by atoms with Crippen molar-refractivity contribution in [3.63, 3.8) is 0 Å². The summed E-state index contributed by atoms with van der Waals surface area (Å²) in [4.78, 5) is 22.7. The van der Waals surface area contributed by atoms with Crippen molar-refractivity contribution in [3.8, 4) is 0 Å². The summed E-state index contributed by atoms with van der Waals surface area (Å²) in [6, 6.07) is 7.25. The van der Waals surface area contributed by atoms with E-state index < -0.39 is 0 Å². The fourth-order valence-electron chi connectivity index (χ4n) is 2.59. The van der Waals surface area contributed by atoms with Crippen LogP contribution >= 0.6 is 0 Å². The molecule has 22 heavy (non-hydrogen) atoms. The van der Waals surface area contributed by atoms with Crippen LogP contribution in [0.2, 0.25) is 0 Å². The van der Waals surface area contributed by atoms with Crippen LogP contribution < -0.4 is 10.2 Å². The highest BCUT2D eigenvalue weighted by Gasteiger charge is 2.16. The molecular formula is C17H20N4O. The predicted octanol–water partition coefficient (Wildman–Crippen LogP) is 2.97. The highest BCUT2D eigenvalue weighted by molar-refractivity contribution is 6.04. The van der Waals surface area contributed by atoms with Gasteiger partial charge in [-0.15, -0.1) is 0 Å². The molecule has 0 radical (unpaired) electrons. The molecule has 1 amide bonds. The van der Waals surface area contributed by atoms with Crippen LogP contribution in [0.1, 0.15) is 30.1 Å². The van der Waals surface area contributed by atoms with E-state index in [-0.39, 0.29) is 5.91 Å². The van der Waals surface area contributed by atoms with E-state index in [0.29, 0.717) is 11.3 Å². The quantitative estimate of drug-likeness (QED) is 0.946. The lowest BCUT2D eigenvalue weighted by Gasteiger charge is -2.31. The number of nitrogens with zero attached hydrogens (tertiary/aromatic N) is 3. The van der Waals surface area contributed by atoms with Crippen molar-refractivity contribution in [2.24, 2.45) is 5.92 Å². The summed E-state index contributed by atoms with van der Waals surface area (Å²) in [6.45, 7) is 4.40. The normalized spacial score (nSPS) is 15.6. The van der Waals surface area contributed by atoms with Gasteiger partial charge in [-0.25, -0.2) is 4.98 Å². The number of aromatic nitrogens is 2. The lowest BCUT2D eigenvalue weighted by Crippen LogP contribution is -2.33. The van der Waals surface area contributed by atoms with Crippen molar-refractivity contribution in [1.82, 2.24) is 9.97 Å². The molecule has 0 aliphatic carbocycles. The van der Waals surface area contributed by atoms with E-state index in [1.54, 1.807) is 30.7 Å². The number of piperidine rings is 1. The number of anilines is 2. The van der Waals surface area contributed by atoms with E-state index in [4.69, 9.17) is 0 Å². The van der Waals surface area contributed by atoms with E-state index in [1.807, 2.05) is 12.1 Å². The summed E-state index contributed by atoms with van der Waals surface area (Å²) in [6.07, 6.45) is 7.35. The molecule has 1 fully saturated rings. The number of hydrogen-bond acceptors (Lipinski definition) is 4. The SMILES string of the molecule is CC1CCN(c2ccc(NC(=O)c3ccncc3)cn2)CC1. The first-order valence-electron chi connectivity index (χ1n) is 7.65. The number of pyridine rings is 2. The fraction of sp³-hybridized carbons (Fsp3) is 0.353. The molecule has 1 saturated heterocycles. The Morgan fingerprint density at radius 1 is 1.18 bits per heavy atom. The maximum absolute atomic E-state index is 12.1. The van der Waals surface area contributed by atoms with Gasteiger partial charge in [0.1, 0.15) is 5.82 Å². The van der Waals surface area contributed by atoms with Crippen LogP contribution in [0.4, 0.5) is 11.5 Å². The van der Waals surface area contributed by atoms with Crippen molar-refractivity contribution in [2.45, 2.75) is 19.8 Å². The van der Waals surface area contributed by atoms with Gasteiger partial charge in [0.05, 0.1) is 11.9 Å². The second kappa shape index (κ2) is 6.56. The molecule has 5 heteroatoms. The fourth-order valence-corrected chi connectivity index (χ4v) is 2.59. The third-order valence-corrected chi connectivity index (χ3v) is 4.06. The van der Waals surface area contributed by atoms with Gasteiger partial charge in [0.2, 0.25) is 0 Å². The molecule has 3 rings (SSSR count). The third-order valence-electron chi connectivity index (χ3n) is 4.06. The smallest absolute Gasteiger partial charge is 0.255 e. The molecule has 0 aromatic carbocycles. The third kappa shape index (κ3) is 3.42. The summed E-state index contributed by atoms with van der Waals surface area (Å²) in [5.41, 5.74) is 1.29. The molecule has 0 bridgehead atoms. The molecule has 2 aromatic rings. The summed E-state index contributed by atoms with van der Waals surface area (Å²) >= 11 is 0. The number of rotatable bonds is 3. The number of nitrogens with one attached hydrogen (secondary N) is 1. The van der Waals surface area contributed by atoms with Crippen LogP contribution in [0.5, 0.6) is 0 Å². The minimum atomic E-state index is -0.149. The lowest BCUT2D eigenvalue weighted by molar-refractivity contribution is 0.102. The highest BCUT2D eigenvalue weighted by atomic mass is 16.1. The number of carbonyl (C=O) groups excluding carboxylic acids is 1. The minimum absolute atomic E-state index is 0.149. The van der Waals surface area contributed by atoms with Crippen LogP contribution in [0.25, 0.3) is 0 Å². The number of hydrogen-bond donors (Lipinski definition) is 1. The largest absolute Gasteiger partial charge is 0.357 e. The topological polar surface area (TPSA) is 58.1 Å². The van der Waals surface area contributed by atoms with Gasteiger partial charge in [0, 0.05) is 31.0 Å². The highest BCUT2D eigenvalue weighted by Crippen LogP contribution is 2.22. The van der Waals surface area contributed by atoms with Crippen LogP contribution in [0.15, 0.2) is 42.9 Å². The van der Waals surface area contributed by atoms with Crippen molar-refractivity contribution in [2.75, 3.05) is 23.3 Å². The van der Waals surface area contributed by atoms with Gasteiger partial charge in [-0.2, -0.15) is 0 Å². The molecule has 0 spiro atoms. The second-order valence-electron chi connectivity index (χ2n) is 5.76. The summed E-state index contributed by atoms with van der Waals surface area (Å²) in [7, 11) is 0. The van der Waals surface area contributed by atoms with Crippen LogP contribution in [0, 0.1) is 5.92 Å². The monoisotopic (exact) mass is 296 g/mol. The maximum Gasteiger partial charge on any atom is 0.255 e. The molecule has 1 aliphatic rings. The Kier molecular flexibility index (Phi) is 4.32. The van der Waals surface area contributed by atoms with Crippen molar-refractivity contribution >= 4 is 17.4 Å². The molecule has 114 valence electrons. The van der Waals surface area contributed by atoms with Crippen LogP contribution in [-0.2, 0) is 0 Å². The molecular weight excluding hydrogens is 276 g/mol. The lowest BCUT2D eigenvalue weighted by atomic mass is 9.99. The van der Waals surface area contributed by atoms with Crippen LogP contribution in [0.3, 0.4) is 0 Å². The molecule has 3 heterocycles. The molecule has 5 nitrogen and oxygen atoms in total. The molecule has 2 aromatic heterocycles. The van der Waals surface area contributed by atoms with E-state index in [9.17, 15) is 4.79 Å². The van der Waals surface area contributed by atoms with Crippen molar-refractivity contribution in [3.05, 3.63) is 48.4 Å². The van der Waals surface area contributed by atoms with Gasteiger partial charge >= 0.3 is 0 Å². The zero-order valence-electron chi connectivity index (χ0n) is 12.7. The number of amides is 1. The summed E-state index contributed by atoms with van der Waals surface area (Å²) < 4.78 is 0. The first-order valence-corrected chi connectivity index (χ1v) is 7.65.